The number of aryl methyl sites for hydroxylation is 1. The third-order valence-corrected chi connectivity index (χ3v) is 6.30. The van der Waals surface area contributed by atoms with Crippen molar-refractivity contribution in [3.05, 3.63) is 42.8 Å². The first-order chi connectivity index (χ1) is 16.9. The second kappa shape index (κ2) is 16.0. The van der Waals surface area contributed by atoms with Gasteiger partial charge in [0.1, 0.15) is 0 Å². The maximum absolute atomic E-state index is 12.9. The monoisotopic (exact) mass is 789 g/mol. The van der Waals surface area contributed by atoms with Crippen molar-refractivity contribution >= 4 is 23.3 Å². The fraction of sp³-hybridized carbons (Fsp3) is 0.538. The number of rotatable bonds is 6. The molecule has 0 aliphatic carbocycles. The van der Waals surface area contributed by atoms with Gasteiger partial charge in [-0.3, -0.25) is 0 Å². The third-order valence-electron chi connectivity index (χ3n) is 5.53. The molecule has 0 amide bonds. The van der Waals surface area contributed by atoms with Gasteiger partial charge in [0.2, 0.25) is 0 Å². The molecule has 1 saturated heterocycles. The zero-order chi connectivity index (χ0) is 26.9. The predicted molar refractivity (Wildman–Crippen MR) is 149 cm³/mol. The summed E-state index contributed by atoms with van der Waals surface area (Å²) in [6.45, 7) is 6.51. The van der Waals surface area contributed by atoms with E-state index in [9.17, 15) is 13.2 Å². The normalized spacial score (nSPS) is 14.2. The largest absolute Gasteiger partial charge is 0.436 e. The molecular weight excluding hydrogens is 750 g/mol. The molecule has 220 valence electrons. The standard InChI is InChI=1S/C16H15F3N4S.C5H11N.C4H12N2.CH3.Cf/c1-9-4-12(21-15(20)5-9)11-7-13-10(8-23(13)22(2)3)6-14(11)24-16(17,18)19;1-6-4-2-3-5-6;5-3-1-2-4-6;;/h5-6H,8H2,1-3H3,(H2,20,21);2-5H2,1H3;1-6H2;1H3;/q-2;;;-1;. The van der Waals surface area contributed by atoms with Crippen LogP contribution in [-0.4, -0.2) is 67.7 Å². The van der Waals surface area contributed by atoms with Gasteiger partial charge in [0.15, 0.2) is 0 Å². The van der Waals surface area contributed by atoms with Crippen LogP contribution in [0.5, 0.6) is 0 Å². The molecule has 3 heterocycles. The topological polar surface area (TPSA) is 101 Å². The number of fused-ring (bicyclic) bond motifs is 1. The van der Waals surface area contributed by atoms with E-state index in [4.69, 9.17) is 17.2 Å². The van der Waals surface area contributed by atoms with Gasteiger partial charge in [-0.2, -0.15) is 24.8 Å². The van der Waals surface area contributed by atoms with Crippen LogP contribution in [0, 0.1) is 26.5 Å². The number of nitrogens with two attached hydrogens (primary N) is 3. The molecule has 0 atom stereocenters. The van der Waals surface area contributed by atoms with Crippen LogP contribution in [0.4, 0.5) is 24.7 Å². The molecule has 7 nitrogen and oxygen atoms in total. The van der Waals surface area contributed by atoms with E-state index in [1.807, 2.05) is 24.1 Å². The van der Waals surface area contributed by atoms with Crippen molar-refractivity contribution in [2.75, 3.05) is 58.1 Å². The summed E-state index contributed by atoms with van der Waals surface area (Å²) in [7, 11) is 5.90. The van der Waals surface area contributed by atoms with Crippen LogP contribution in [0.25, 0.3) is 11.3 Å². The van der Waals surface area contributed by atoms with E-state index < -0.39 is 5.51 Å². The fourth-order valence-electron chi connectivity index (χ4n) is 3.70. The van der Waals surface area contributed by atoms with E-state index in [2.05, 4.69) is 29.1 Å². The average molecular weight is 792 g/mol. The Labute approximate surface area is 224 Å². The van der Waals surface area contributed by atoms with Crippen molar-refractivity contribution < 1.29 is 13.2 Å². The number of alkyl halides is 3. The summed E-state index contributed by atoms with van der Waals surface area (Å²) in [6, 6.07) is 9.21. The number of halogens is 3. The third kappa shape index (κ3) is 10.7. The van der Waals surface area contributed by atoms with Crippen LogP contribution in [0.2, 0.25) is 0 Å². The zero-order valence-electron chi connectivity index (χ0n) is 22.9. The second-order valence-corrected chi connectivity index (χ2v) is 10.1. The number of aromatic nitrogens is 1. The molecule has 1 aromatic carbocycles. The Balaban J connectivity index is 0.000000814. The molecule has 6 N–H and O–H groups in total. The number of nitrogen functional groups attached to an aromatic ring is 1. The smallest absolute Gasteiger partial charge is 0.395 e. The Kier molecular flexibility index (Phi) is 14.7. The first kappa shape index (κ1) is 35.0. The number of hydrogen-bond donors (Lipinski definition) is 3. The van der Waals surface area contributed by atoms with E-state index in [-0.39, 0.29) is 41.2 Å². The van der Waals surface area contributed by atoms with Gasteiger partial charge < -0.3 is 39.5 Å². The van der Waals surface area contributed by atoms with Crippen molar-refractivity contribution in [1.29, 1.82) is 0 Å². The molecule has 4 rings (SSSR count). The first-order valence-electron chi connectivity index (χ1n) is 12.0. The summed E-state index contributed by atoms with van der Waals surface area (Å²) in [5.41, 5.74) is 14.5. The SMILES string of the molecule is CN1CCCC1.Cc1[c-]c(-c2[c-]c3c(cc2SC(F)(F)F)CN3N(C)C)nc(N)c1.NCCCCN.[CH3-].[Cf]. The number of unbranched alkanes of at least 4 members (excludes halogenated alkanes) is 1. The maximum atomic E-state index is 12.9. The molecule has 0 radical (unpaired) electrons. The van der Waals surface area contributed by atoms with Crippen molar-refractivity contribution in [3.8, 4) is 11.3 Å². The minimum absolute atomic E-state index is 0. The van der Waals surface area contributed by atoms with Gasteiger partial charge in [-0.05, 0) is 64.6 Å². The minimum atomic E-state index is -4.39. The van der Waals surface area contributed by atoms with Crippen LogP contribution in [0.15, 0.2) is 17.0 Å². The van der Waals surface area contributed by atoms with E-state index in [1.165, 1.54) is 25.9 Å². The van der Waals surface area contributed by atoms with Gasteiger partial charge in [0.25, 0.3) is 0 Å². The van der Waals surface area contributed by atoms with Crippen LogP contribution in [-0.2, 0) is 6.54 Å². The maximum Gasteiger partial charge on any atom is 0.436 e. The van der Waals surface area contributed by atoms with Gasteiger partial charge in [0, 0.05) is 20.6 Å². The number of pyridine rings is 1. The van der Waals surface area contributed by atoms with Gasteiger partial charge >= 0.3 is 5.51 Å². The molecule has 2 aliphatic rings. The van der Waals surface area contributed by atoms with Crippen molar-refractivity contribution in [2.24, 2.45) is 11.5 Å². The summed E-state index contributed by atoms with van der Waals surface area (Å²) in [5, 5.41) is 3.78. The molecule has 2 aliphatic heterocycles. The molecule has 0 bridgehead atoms. The molecular formula is C26H41CfF3N7S-3. The molecule has 0 spiro atoms. The predicted octanol–water partition coefficient (Wildman–Crippen LogP) is 4.49. The summed E-state index contributed by atoms with van der Waals surface area (Å²) in [6.07, 6.45) is 4.96. The van der Waals surface area contributed by atoms with Crippen molar-refractivity contribution in [2.45, 2.75) is 49.6 Å². The minimum Gasteiger partial charge on any atom is -0.395 e. The average Bonchev–Trinajstić information content (AvgIpc) is 3.24. The number of benzene rings is 1. The van der Waals surface area contributed by atoms with Crippen LogP contribution in [0.1, 0.15) is 36.8 Å². The number of nitrogens with zero attached hydrogens (tertiary/aromatic N) is 4. The van der Waals surface area contributed by atoms with Gasteiger partial charge in [-0.15, -0.1) is 22.7 Å². The van der Waals surface area contributed by atoms with E-state index in [0.717, 1.165) is 37.2 Å². The number of hydrogen-bond acceptors (Lipinski definition) is 8. The van der Waals surface area contributed by atoms with E-state index in [1.54, 1.807) is 19.1 Å². The summed E-state index contributed by atoms with van der Waals surface area (Å²) >= 11 is -0.164. The number of hydrazine groups is 1. The number of anilines is 2. The zero-order valence-corrected chi connectivity index (χ0v) is 26.3. The Hall–Kier alpha value is -3.05. The molecule has 0 saturated carbocycles. The van der Waals surface area contributed by atoms with Crippen LogP contribution >= 0.6 is 11.8 Å². The Morgan fingerprint density at radius 3 is 2.08 bits per heavy atom. The summed E-state index contributed by atoms with van der Waals surface area (Å²) < 4.78 is 38.8. The molecule has 1 fully saturated rings. The van der Waals surface area contributed by atoms with Crippen LogP contribution in [0.3, 0.4) is 0 Å². The van der Waals surface area contributed by atoms with Crippen LogP contribution < -0.4 is 22.2 Å². The van der Waals surface area contributed by atoms with Gasteiger partial charge in [-0.1, -0.05) is 24.2 Å². The first-order valence-corrected chi connectivity index (χ1v) is 12.8. The Morgan fingerprint density at radius 2 is 1.66 bits per heavy atom. The molecule has 0 unspecified atom stereocenters. The summed E-state index contributed by atoms with van der Waals surface area (Å²) in [4.78, 5) is 6.56. The second-order valence-electron chi connectivity index (χ2n) is 8.97. The quantitative estimate of drug-likeness (QED) is 0.224. The van der Waals surface area contributed by atoms with E-state index >= 15 is 0 Å². The van der Waals surface area contributed by atoms with Crippen molar-refractivity contribution in [1.82, 2.24) is 14.9 Å². The van der Waals surface area contributed by atoms with Gasteiger partial charge in [0.05, 0.1) is 5.82 Å². The van der Waals surface area contributed by atoms with E-state index in [0.29, 0.717) is 12.1 Å². The fourth-order valence-corrected chi connectivity index (χ4v) is 4.40. The van der Waals surface area contributed by atoms with Crippen molar-refractivity contribution in [3.63, 3.8) is 0 Å². The number of thioether (sulfide) groups is 1. The molecule has 2 aromatic rings. The molecule has 1 aromatic heterocycles. The molecule has 12 heteroatoms. The Morgan fingerprint density at radius 1 is 1.08 bits per heavy atom. The summed E-state index contributed by atoms with van der Waals surface area (Å²) in [5.74, 6) is 0.241. The molecule has 38 heavy (non-hydrogen) atoms. The number of likely N-dealkylation sites (tertiary alicyclic amines) is 1. The Bertz CT molecular complexity index is 946. The van der Waals surface area contributed by atoms with Gasteiger partial charge in [-0.25, -0.2) is 16.6 Å².